The molecule has 0 atom stereocenters. The van der Waals surface area contributed by atoms with Crippen molar-refractivity contribution in [3.8, 4) is 0 Å². The molecule has 0 nitrogen and oxygen atoms in total. The molecule has 1 aliphatic carbocycles. The van der Waals surface area contributed by atoms with Gasteiger partial charge < -0.3 is 0 Å². The number of benzene rings is 1. The summed E-state index contributed by atoms with van der Waals surface area (Å²) in [5.74, 6) is -2.55. The van der Waals surface area contributed by atoms with Gasteiger partial charge in [-0.2, -0.15) is 0 Å². The minimum atomic E-state index is -0.886. The van der Waals surface area contributed by atoms with Crippen LogP contribution in [0.3, 0.4) is 0 Å². The molecular weight excluding hydrogens is 225 g/mol. The third kappa shape index (κ3) is 2.28. The van der Waals surface area contributed by atoms with Crippen molar-refractivity contribution in [2.24, 2.45) is 0 Å². The smallest absolute Gasteiger partial charge is 0.136 e. The van der Waals surface area contributed by atoms with Gasteiger partial charge in [-0.1, -0.05) is 17.2 Å². The predicted molar refractivity (Wildman–Crippen MR) is 61.9 cm³/mol. The second-order valence-electron chi connectivity index (χ2n) is 4.38. The second kappa shape index (κ2) is 4.40. The largest absolute Gasteiger partial charge is 0.207 e. The number of allylic oxidation sites excluding steroid dienone is 4. The highest BCUT2D eigenvalue weighted by atomic mass is 19.1. The highest BCUT2D eigenvalue weighted by Crippen LogP contribution is 2.33. The molecule has 0 heterocycles. The summed E-state index contributed by atoms with van der Waals surface area (Å²) in [7, 11) is 0. The van der Waals surface area contributed by atoms with Crippen LogP contribution in [0.15, 0.2) is 29.4 Å². The third-order valence-electron chi connectivity index (χ3n) is 3.16. The maximum Gasteiger partial charge on any atom is 0.136 e. The van der Waals surface area contributed by atoms with Gasteiger partial charge in [-0.05, 0) is 32.3 Å². The van der Waals surface area contributed by atoms with E-state index in [1.165, 1.54) is 5.57 Å². The molecule has 0 unspecified atom stereocenters. The molecule has 1 aliphatic rings. The third-order valence-corrected chi connectivity index (χ3v) is 3.16. The lowest BCUT2D eigenvalue weighted by atomic mass is 9.89. The summed E-state index contributed by atoms with van der Waals surface area (Å²) in [5, 5.41) is 0. The first-order valence-corrected chi connectivity index (χ1v) is 5.51. The summed E-state index contributed by atoms with van der Waals surface area (Å²) in [6, 6.07) is 1.44. The van der Waals surface area contributed by atoms with Gasteiger partial charge in [-0.25, -0.2) is 13.2 Å². The van der Waals surface area contributed by atoms with Crippen molar-refractivity contribution >= 4 is 5.57 Å². The van der Waals surface area contributed by atoms with E-state index in [4.69, 9.17) is 0 Å². The van der Waals surface area contributed by atoms with Crippen molar-refractivity contribution in [1.29, 1.82) is 0 Å². The average molecular weight is 238 g/mol. The fourth-order valence-corrected chi connectivity index (χ4v) is 2.02. The Morgan fingerprint density at radius 1 is 0.941 bits per heavy atom. The molecule has 0 saturated carbocycles. The lowest BCUT2D eigenvalue weighted by Gasteiger charge is -2.17. The molecule has 0 aliphatic heterocycles. The molecule has 0 amide bonds. The molecule has 0 spiro atoms. The summed E-state index contributed by atoms with van der Waals surface area (Å²) in [6.45, 7) is 3.91. The summed E-state index contributed by atoms with van der Waals surface area (Å²) in [4.78, 5) is 0. The Bertz CT molecular complexity index is 501. The Kier molecular flexibility index (Phi) is 3.09. The Hall–Kier alpha value is -1.51. The van der Waals surface area contributed by atoms with Crippen LogP contribution in [0.2, 0.25) is 0 Å². The fraction of sp³-hybridized carbons (Fsp3) is 0.286. The van der Waals surface area contributed by atoms with Crippen LogP contribution < -0.4 is 0 Å². The van der Waals surface area contributed by atoms with Gasteiger partial charge in [0.25, 0.3) is 0 Å². The summed E-state index contributed by atoms with van der Waals surface area (Å²) in [5.41, 5.74) is 2.74. The van der Waals surface area contributed by atoms with Gasteiger partial charge in [0.2, 0.25) is 0 Å². The summed E-state index contributed by atoms with van der Waals surface area (Å²) in [6.07, 6.45) is 3.15. The summed E-state index contributed by atoms with van der Waals surface area (Å²) >= 11 is 0. The van der Waals surface area contributed by atoms with Crippen LogP contribution in [0.1, 0.15) is 32.3 Å². The predicted octanol–water partition coefficient (Wildman–Crippen LogP) is 4.62. The number of halogens is 3. The van der Waals surface area contributed by atoms with Crippen LogP contribution in [0.25, 0.3) is 5.57 Å². The highest BCUT2D eigenvalue weighted by molar-refractivity contribution is 5.70. The van der Waals surface area contributed by atoms with E-state index in [-0.39, 0.29) is 5.56 Å². The molecule has 0 radical (unpaired) electrons. The van der Waals surface area contributed by atoms with Gasteiger partial charge in [0.15, 0.2) is 0 Å². The van der Waals surface area contributed by atoms with Gasteiger partial charge in [0.05, 0.1) is 0 Å². The normalized spacial score (nSPS) is 16.2. The zero-order chi connectivity index (χ0) is 12.6. The average Bonchev–Trinajstić information content (AvgIpc) is 2.21. The first kappa shape index (κ1) is 12.0. The maximum atomic E-state index is 13.6. The highest BCUT2D eigenvalue weighted by Gasteiger charge is 2.18. The van der Waals surface area contributed by atoms with E-state index in [0.717, 1.165) is 24.1 Å². The van der Waals surface area contributed by atoms with E-state index < -0.39 is 17.5 Å². The first-order valence-electron chi connectivity index (χ1n) is 5.51. The Balaban J connectivity index is 2.53. The van der Waals surface area contributed by atoms with Crippen LogP contribution in [0, 0.1) is 17.5 Å². The van der Waals surface area contributed by atoms with Gasteiger partial charge in [0.1, 0.15) is 17.5 Å². The zero-order valence-corrected chi connectivity index (χ0v) is 9.78. The lowest BCUT2D eigenvalue weighted by molar-refractivity contribution is 0.538. The first-order chi connectivity index (χ1) is 7.99. The van der Waals surface area contributed by atoms with Gasteiger partial charge in [-0.15, -0.1) is 0 Å². The van der Waals surface area contributed by atoms with E-state index in [0.29, 0.717) is 12.0 Å². The fourth-order valence-electron chi connectivity index (χ4n) is 2.02. The van der Waals surface area contributed by atoms with E-state index in [1.54, 1.807) is 6.08 Å². The molecule has 1 aromatic rings. The van der Waals surface area contributed by atoms with E-state index in [2.05, 4.69) is 0 Å². The topological polar surface area (TPSA) is 0 Å². The van der Waals surface area contributed by atoms with Crippen LogP contribution in [0.5, 0.6) is 0 Å². The van der Waals surface area contributed by atoms with Crippen molar-refractivity contribution in [3.63, 3.8) is 0 Å². The Morgan fingerprint density at radius 3 is 2.06 bits per heavy atom. The molecule has 0 aromatic heterocycles. The van der Waals surface area contributed by atoms with Gasteiger partial charge in [-0.3, -0.25) is 0 Å². The van der Waals surface area contributed by atoms with Crippen LogP contribution >= 0.6 is 0 Å². The second-order valence-corrected chi connectivity index (χ2v) is 4.38. The molecule has 1 aromatic carbocycles. The van der Waals surface area contributed by atoms with Crippen molar-refractivity contribution in [3.05, 3.63) is 52.4 Å². The number of rotatable bonds is 1. The van der Waals surface area contributed by atoms with Gasteiger partial charge >= 0.3 is 0 Å². The molecule has 3 heteroatoms. The van der Waals surface area contributed by atoms with E-state index in [1.807, 2.05) is 13.8 Å². The van der Waals surface area contributed by atoms with Crippen LogP contribution in [-0.2, 0) is 0 Å². The van der Waals surface area contributed by atoms with Gasteiger partial charge in [0, 0.05) is 17.7 Å². The quantitative estimate of drug-likeness (QED) is 0.669. The van der Waals surface area contributed by atoms with Crippen molar-refractivity contribution in [1.82, 2.24) is 0 Å². The number of hydrogen-bond acceptors (Lipinski definition) is 0. The monoisotopic (exact) mass is 238 g/mol. The van der Waals surface area contributed by atoms with E-state index >= 15 is 0 Å². The van der Waals surface area contributed by atoms with Crippen LogP contribution in [-0.4, -0.2) is 0 Å². The van der Waals surface area contributed by atoms with Crippen molar-refractivity contribution in [2.45, 2.75) is 26.7 Å². The maximum absolute atomic E-state index is 13.6. The molecule has 17 heavy (non-hydrogen) atoms. The minimum absolute atomic E-state index is 0.0988. The Labute approximate surface area is 98.5 Å². The van der Waals surface area contributed by atoms with Crippen molar-refractivity contribution in [2.75, 3.05) is 0 Å². The van der Waals surface area contributed by atoms with Crippen molar-refractivity contribution < 1.29 is 13.2 Å². The SMILES string of the molecule is CC1=C(C)CCC(c2c(F)cc(F)cc2F)=C1. The zero-order valence-electron chi connectivity index (χ0n) is 9.78. The number of hydrogen-bond donors (Lipinski definition) is 0. The molecular formula is C14H13F3. The lowest BCUT2D eigenvalue weighted by Crippen LogP contribution is -2.01. The minimum Gasteiger partial charge on any atom is -0.207 e. The standard InChI is InChI=1S/C14H13F3/c1-8-3-4-10(5-9(8)2)14-12(16)6-11(15)7-13(14)17/h5-7H,3-4H2,1-2H3. The van der Waals surface area contributed by atoms with Crippen LogP contribution in [0.4, 0.5) is 13.2 Å². The van der Waals surface area contributed by atoms with E-state index in [9.17, 15) is 13.2 Å². The molecule has 0 bridgehead atoms. The summed E-state index contributed by atoms with van der Waals surface area (Å²) < 4.78 is 40.0. The molecule has 90 valence electrons. The molecule has 0 saturated heterocycles. The molecule has 0 fully saturated rings. The Morgan fingerprint density at radius 2 is 1.53 bits per heavy atom. The molecule has 2 rings (SSSR count). The molecule has 0 N–H and O–H groups in total.